The zero-order valence-electron chi connectivity index (χ0n) is 18.7. The maximum atomic E-state index is 12.9. The molecular formula is C25H24F3N5O. The molecule has 0 fully saturated rings. The molecule has 2 N–H and O–H groups in total. The Morgan fingerprint density at radius 3 is 2.76 bits per heavy atom. The number of benzene rings is 2. The van der Waals surface area contributed by atoms with E-state index in [2.05, 4.69) is 20.7 Å². The van der Waals surface area contributed by atoms with Crippen LogP contribution in [0.5, 0.6) is 0 Å². The van der Waals surface area contributed by atoms with Crippen molar-refractivity contribution in [3.63, 3.8) is 0 Å². The molecule has 0 bridgehead atoms. The molecule has 0 aliphatic carbocycles. The maximum Gasteiger partial charge on any atom is 0.416 e. The van der Waals surface area contributed by atoms with Gasteiger partial charge in [-0.3, -0.25) is 9.79 Å². The van der Waals surface area contributed by atoms with Crippen LogP contribution in [0.15, 0.2) is 72.1 Å². The molecule has 3 aromatic rings. The highest BCUT2D eigenvalue weighted by atomic mass is 19.4. The molecule has 1 aliphatic rings. The van der Waals surface area contributed by atoms with Crippen molar-refractivity contribution < 1.29 is 18.0 Å². The number of hydrogen-bond donors (Lipinski definition) is 2. The van der Waals surface area contributed by atoms with Gasteiger partial charge in [-0.05, 0) is 49.4 Å². The van der Waals surface area contributed by atoms with Crippen molar-refractivity contribution in [2.75, 3.05) is 12.4 Å². The Balaban J connectivity index is 1.50. The number of nitrogens with zero attached hydrogens (tertiary/aromatic N) is 3. The number of carbonyl (C=O) groups excluding carboxylic acids is 1. The molecule has 0 saturated heterocycles. The molecule has 34 heavy (non-hydrogen) atoms. The monoisotopic (exact) mass is 467 g/mol. The summed E-state index contributed by atoms with van der Waals surface area (Å²) in [4.78, 5) is 16.8. The lowest BCUT2D eigenvalue weighted by Gasteiger charge is -2.21. The molecule has 6 nitrogen and oxygen atoms in total. The Labute approximate surface area is 195 Å². The van der Waals surface area contributed by atoms with Crippen LogP contribution in [0.1, 0.15) is 28.2 Å². The Kier molecular flexibility index (Phi) is 6.65. The standard InChI is InChI=1S/C25H24F3N5O/c1-16-6-7-20(32-24(34)11-17-4-3-5-19(10-17)25(26,27)28)12-23(16)33-15-18(13-31-33)21-14-30-9-8-22(21)29-2/h3-10,12-15,21-22,29H,11H2,1-2H3,(H,32,34). The third kappa shape index (κ3) is 5.26. The van der Waals surface area contributed by atoms with Gasteiger partial charge < -0.3 is 10.6 Å². The first-order valence-corrected chi connectivity index (χ1v) is 10.7. The van der Waals surface area contributed by atoms with Crippen molar-refractivity contribution in [3.8, 4) is 5.69 Å². The van der Waals surface area contributed by atoms with Crippen LogP contribution in [0.3, 0.4) is 0 Å². The Morgan fingerprint density at radius 2 is 2.00 bits per heavy atom. The molecule has 0 radical (unpaired) electrons. The van der Waals surface area contributed by atoms with Gasteiger partial charge in [0.1, 0.15) is 0 Å². The molecule has 1 aliphatic heterocycles. The molecule has 2 heterocycles. The van der Waals surface area contributed by atoms with Gasteiger partial charge >= 0.3 is 6.18 Å². The number of anilines is 1. The minimum absolute atomic E-state index is 0.0411. The van der Waals surface area contributed by atoms with Gasteiger partial charge in [-0.15, -0.1) is 0 Å². The van der Waals surface area contributed by atoms with E-state index >= 15 is 0 Å². The zero-order valence-corrected chi connectivity index (χ0v) is 18.7. The summed E-state index contributed by atoms with van der Waals surface area (Å²) in [7, 11) is 1.89. The molecule has 2 aromatic carbocycles. The second-order valence-corrected chi connectivity index (χ2v) is 8.12. The highest BCUT2D eigenvalue weighted by Crippen LogP contribution is 2.30. The van der Waals surface area contributed by atoms with Gasteiger partial charge in [-0.1, -0.05) is 24.3 Å². The highest BCUT2D eigenvalue weighted by molar-refractivity contribution is 5.92. The van der Waals surface area contributed by atoms with E-state index in [-0.39, 0.29) is 18.4 Å². The van der Waals surface area contributed by atoms with Crippen LogP contribution in [0.2, 0.25) is 0 Å². The van der Waals surface area contributed by atoms with Gasteiger partial charge in [0.15, 0.2) is 0 Å². The molecule has 1 aromatic heterocycles. The molecule has 2 atom stereocenters. The number of carbonyl (C=O) groups is 1. The van der Waals surface area contributed by atoms with E-state index in [1.54, 1.807) is 29.2 Å². The maximum absolute atomic E-state index is 12.9. The van der Waals surface area contributed by atoms with E-state index in [0.717, 1.165) is 28.9 Å². The molecule has 0 spiro atoms. The van der Waals surface area contributed by atoms with Crippen molar-refractivity contribution in [1.29, 1.82) is 0 Å². The largest absolute Gasteiger partial charge is 0.416 e. The summed E-state index contributed by atoms with van der Waals surface area (Å²) >= 11 is 0. The topological polar surface area (TPSA) is 71.3 Å². The van der Waals surface area contributed by atoms with E-state index in [1.165, 1.54) is 12.1 Å². The molecule has 2 unspecified atom stereocenters. The van der Waals surface area contributed by atoms with Crippen LogP contribution in [0.25, 0.3) is 5.69 Å². The van der Waals surface area contributed by atoms with Crippen LogP contribution in [-0.2, 0) is 17.4 Å². The summed E-state index contributed by atoms with van der Waals surface area (Å²) in [6.07, 6.45) is 4.73. The third-order valence-electron chi connectivity index (χ3n) is 5.69. The van der Waals surface area contributed by atoms with Crippen molar-refractivity contribution in [1.82, 2.24) is 15.1 Å². The fourth-order valence-electron chi connectivity index (χ4n) is 3.89. The number of aryl methyl sites for hydroxylation is 1. The van der Waals surface area contributed by atoms with E-state index in [4.69, 9.17) is 0 Å². The summed E-state index contributed by atoms with van der Waals surface area (Å²) in [6.45, 7) is 1.94. The van der Waals surface area contributed by atoms with Crippen LogP contribution in [0, 0.1) is 6.92 Å². The van der Waals surface area contributed by atoms with Gasteiger partial charge in [0.25, 0.3) is 0 Å². The van der Waals surface area contributed by atoms with Crippen molar-refractivity contribution >= 4 is 17.8 Å². The molecule has 0 saturated carbocycles. The predicted molar refractivity (Wildman–Crippen MR) is 125 cm³/mol. The summed E-state index contributed by atoms with van der Waals surface area (Å²) in [5.41, 5.74) is 2.78. The first kappa shape index (κ1) is 23.4. The van der Waals surface area contributed by atoms with Gasteiger partial charge in [0.05, 0.1) is 23.9 Å². The van der Waals surface area contributed by atoms with Gasteiger partial charge in [0.2, 0.25) is 5.91 Å². The molecule has 9 heteroatoms. The zero-order chi connectivity index (χ0) is 24.3. The smallest absolute Gasteiger partial charge is 0.326 e. The molecule has 1 amide bonds. The molecule has 176 valence electrons. The van der Waals surface area contributed by atoms with Crippen molar-refractivity contribution in [3.05, 3.63) is 89.4 Å². The van der Waals surface area contributed by atoms with Gasteiger partial charge in [-0.25, -0.2) is 4.68 Å². The lowest BCUT2D eigenvalue weighted by atomic mass is 9.94. The second kappa shape index (κ2) is 9.64. The number of halogens is 3. The number of rotatable bonds is 6. The lowest BCUT2D eigenvalue weighted by Crippen LogP contribution is -2.32. The van der Waals surface area contributed by atoms with E-state index < -0.39 is 17.6 Å². The number of nitrogens with one attached hydrogen (secondary N) is 2. The fourth-order valence-corrected chi connectivity index (χ4v) is 3.89. The number of amides is 1. The predicted octanol–water partition coefficient (Wildman–Crippen LogP) is 4.65. The summed E-state index contributed by atoms with van der Waals surface area (Å²) in [5.74, 6) is -0.364. The third-order valence-corrected chi connectivity index (χ3v) is 5.69. The minimum Gasteiger partial charge on any atom is -0.326 e. The first-order valence-electron chi connectivity index (χ1n) is 10.7. The summed E-state index contributed by atoms with van der Waals surface area (Å²) in [6, 6.07) is 10.3. The number of hydrogen-bond acceptors (Lipinski definition) is 4. The first-order chi connectivity index (χ1) is 16.2. The molecule has 4 rings (SSSR count). The Bertz CT molecular complexity index is 1250. The van der Waals surface area contributed by atoms with Crippen molar-refractivity contribution in [2.24, 2.45) is 4.99 Å². The van der Waals surface area contributed by atoms with Crippen LogP contribution in [0.4, 0.5) is 18.9 Å². The normalized spacial score (nSPS) is 17.7. The van der Waals surface area contributed by atoms with Crippen LogP contribution < -0.4 is 10.6 Å². The number of aromatic nitrogens is 2. The SMILES string of the molecule is CNC1C=CN=CC1c1cnn(-c2cc(NC(=O)Cc3cccc(C(F)(F)F)c3)ccc2C)c1. The minimum atomic E-state index is -4.45. The highest BCUT2D eigenvalue weighted by Gasteiger charge is 2.30. The average Bonchev–Trinajstić information content (AvgIpc) is 3.30. The Morgan fingerprint density at radius 1 is 1.18 bits per heavy atom. The quantitative estimate of drug-likeness (QED) is 0.555. The Hall–Kier alpha value is -3.72. The average molecular weight is 467 g/mol. The number of aliphatic imine (C=N–C) groups is 1. The van der Waals surface area contributed by atoms with Crippen LogP contribution in [-0.4, -0.2) is 35.0 Å². The van der Waals surface area contributed by atoms with Crippen LogP contribution >= 0.6 is 0 Å². The number of likely N-dealkylation sites (N-methyl/N-ethyl adjacent to an activating group) is 1. The fraction of sp³-hybridized carbons (Fsp3) is 0.240. The number of alkyl halides is 3. The van der Waals surface area contributed by atoms with E-state index in [9.17, 15) is 18.0 Å². The van der Waals surface area contributed by atoms with E-state index in [0.29, 0.717) is 11.3 Å². The summed E-state index contributed by atoms with van der Waals surface area (Å²) < 4.78 is 40.5. The van der Waals surface area contributed by atoms with Gasteiger partial charge in [-0.2, -0.15) is 18.3 Å². The van der Waals surface area contributed by atoms with Gasteiger partial charge in [0, 0.05) is 41.8 Å². The lowest BCUT2D eigenvalue weighted by molar-refractivity contribution is -0.137. The summed E-state index contributed by atoms with van der Waals surface area (Å²) in [5, 5.41) is 10.5. The van der Waals surface area contributed by atoms with E-state index in [1.807, 2.05) is 38.5 Å². The van der Waals surface area contributed by atoms with Crippen molar-refractivity contribution in [2.45, 2.75) is 31.5 Å². The second-order valence-electron chi connectivity index (χ2n) is 8.12. The molecular weight excluding hydrogens is 443 g/mol.